The van der Waals surface area contributed by atoms with Gasteiger partial charge in [-0.15, -0.1) is 0 Å². The zero-order valence-electron chi connectivity index (χ0n) is 18.2. The van der Waals surface area contributed by atoms with Crippen molar-refractivity contribution in [1.29, 1.82) is 0 Å². The van der Waals surface area contributed by atoms with E-state index < -0.39 is 0 Å². The highest BCUT2D eigenvalue weighted by Gasteiger charge is 2.27. The molecule has 1 aliphatic rings. The maximum Gasteiger partial charge on any atom is 0.223 e. The molecule has 30 heavy (non-hydrogen) atoms. The van der Waals surface area contributed by atoms with Crippen LogP contribution < -0.4 is 10.1 Å². The Hall–Kier alpha value is -2.04. The van der Waals surface area contributed by atoms with Gasteiger partial charge in [0, 0.05) is 17.5 Å². The van der Waals surface area contributed by atoms with E-state index in [4.69, 9.17) is 16.3 Å². The standard InChI is InChI=1S/C25H33ClN2O2/c1-18(2)16-24(19-8-10-22(30-3)11-9-19)27-25(29)20-12-14-28(15-13-20)17-21-6-4-5-7-23(21)26/h4-11,18,20,24H,12-17H2,1-3H3,(H,27,29). The molecule has 5 heteroatoms. The fourth-order valence-electron chi connectivity index (χ4n) is 4.10. The van der Waals surface area contributed by atoms with Crippen LogP contribution in [0.5, 0.6) is 5.75 Å². The second-order valence-corrected chi connectivity index (χ2v) is 9.01. The molecule has 1 fully saturated rings. The van der Waals surface area contributed by atoms with Gasteiger partial charge < -0.3 is 10.1 Å². The smallest absolute Gasteiger partial charge is 0.223 e. The highest BCUT2D eigenvalue weighted by molar-refractivity contribution is 6.31. The Morgan fingerprint density at radius 2 is 1.80 bits per heavy atom. The number of benzene rings is 2. The number of carbonyl (C=O) groups excluding carboxylic acids is 1. The minimum atomic E-state index is 0.0320. The van der Waals surface area contributed by atoms with Gasteiger partial charge in [0.15, 0.2) is 0 Å². The molecule has 0 bridgehead atoms. The lowest BCUT2D eigenvalue weighted by atomic mass is 9.92. The molecule has 0 aliphatic carbocycles. The minimum Gasteiger partial charge on any atom is -0.497 e. The van der Waals surface area contributed by atoms with E-state index in [1.54, 1.807) is 7.11 Å². The van der Waals surface area contributed by atoms with Crippen molar-refractivity contribution in [2.75, 3.05) is 20.2 Å². The van der Waals surface area contributed by atoms with Gasteiger partial charge in [0.1, 0.15) is 5.75 Å². The van der Waals surface area contributed by atoms with Crippen LogP contribution in [0.15, 0.2) is 48.5 Å². The third-order valence-corrected chi connectivity index (χ3v) is 6.22. The van der Waals surface area contributed by atoms with Crippen LogP contribution >= 0.6 is 11.6 Å². The number of likely N-dealkylation sites (tertiary alicyclic amines) is 1. The van der Waals surface area contributed by atoms with Crippen molar-refractivity contribution in [3.05, 3.63) is 64.7 Å². The lowest BCUT2D eigenvalue weighted by molar-refractivity contribution is -0.127. The lowest BCUT2D eigenvalue weighted by Gasteiger charge is -2.32. The third-order valence-electron chi connectivity index (χ3n) is 5.85. The molecule has 1 saturated heterocycles. The van der Waals surface area contributed by atoms with Crippen LogP contribution in [0.2, 0.25) is 5.02 Å². The molecule has 1 amide bonds. The second kappa shape index (κ2) is 10.8. The average Bonchev–Trinajstić information content (AvgIpc) is 2.75. The van der Waals surface area contributed by atoms with E-state index in [1.807, 2.05) is 30.3 Å². The van der Waals surface area contributed by atoms with Gasteiger partial charge in [-0.3, -0.25) is 9.69 Å². The Balaban J connectivity index is 1.56. The molecule has 2 aromatic rings. The molecule has 1 atom stereocenters. The van der Waals surface area contributed by atoms with E-state index in [9.17, 15) is 4.79 Å². The van der Waals surface area contributed by atoms with Crippen molar-refractivity contribution in [3.63, 3.8) is 0 Å². The van der Waals surface area contributed by atoms with Crippen LogP contribution in [0.25, 0.3) is 0 Å². The summed E-state index contributed by atoms with van der Waals surface area (Å²) >= 11 is 6.30. The first-order valence-electron chi connectivity index (χ1n) is 10.9. The minimum absolute atomic E-state index is 0.0320. The summed E-state index contributed by atoms with van der Waals surface area (Å²) in [5, 5.41) is 4.14. The highest BCUT2D eigenvalue weighted by atomic mass is 35.5. The van der Waals surface area contributed by atoms with E-state index in [2.05, 4.69) is 42.3 Å². The number of ether oxygens (including phenoxy) is 1. The molecule has 3 rings (SSSR count). The van der Waals surface area contributed by atoms with E-state index in [1.165, 1.54) is 0 Å². The summed E-state index contributed by atoms with van der Waals surface area (Å²) in [4.78, 5) is 15.4. The maximum atomic E-state index is 13.0. The quantitative estimate of drug-likeness (QED) is 0.606. The van der Waals surface area contributed by atoms with Gasteiger partial charge in [-0.25, -0.2) is 0 Å². The molecule has 2 aromatic carbocycles. The van der Waals surface area contributed by atoms with Gasteiger partial charge in [0.05, 0.1) is 13.2 Å². The van der Waals surface area contributed by atoms with Gasteiger partial charge in [0.2, 0.25) is 5.91 Å². The van der Waals surface area contributed by atoms with Crippen molar-refractivity contribution in [1.82, 2.24) is 10.2 Å². The molecule has 1 unspecified atom stereocenters. The van der Waals surface area contributed by atoms with Crippen LogP contribution in [-0.2, 0) is 11.3 Å². The van der Waals surface area contributed by atoms with Crippen molar-refractivity contribution in [2.45, 2.75) is 45.7 Å². The molecule has 4 nitrogen and oxygen atoms in total. The predicted octanol–water partition coefficient (Wildman–Crippen LogP) is 5.46. The summed E-state index contributed by atoms with van der Waals surface area (Å²) in [7, 11) is 1.67. The molecule has 162 valence electrons. The Bertz CT molecular complexity index is 814. The number of nitrogens with one attached hydrogen (secondary N) is 1. The predicted molar refractivity (Wildman–Crippen MR) is 123 cm³/mol. The van der Waals surface area contributed by atoms with Gasteiger partial charge in [0.25, 0.3) is 0 Å². The van der Waals surface area contributed by atoms with Gasteiger partial charge >= 0.3 is 0 Å². The van der Waals surface area contributed by atoms with Gasteiger partial charge in [-0.1, -0.05) is 55.8 Å². The van der Waals surface area contributed by atoms with E-state index in [0.29, 0.717) is 5.92 Å². The van der Waals surface area contributed by atoms with Crippen LogP contribution in [0.1, 0.15) is 50.3 Å². The van der Waals surface area contributed by atoms with Gasteiger partial charge in [-0.05, 0) is 67.6 Å². The molecular formula is C25H33ClN2O2. The van der Waals surface area contributed by atoms with Crippen LogP contribution in [0.3, 0.4) is 0 Å². The number of carbonyl (C=O) groups is 1. The zero-order valence-corrected chi connectivity index (χ0v) is 19.0. The molecule has 0 aromatic heterocycles. The fraction of sp³-hybridized carbons (Fsp3) is 0.480. The molecule has 1 aliphatic heterocycles. The number of hydrogen-bond acceptors (Lipinski definition) is 3. The maximum absolute atomic E-state index is 13.0. The Kier molecular flexibility index (Phi) is 8.17. The molecule has 1 N–H and O–H groups in total. The summed E-state index contributed by atoms with van der Waals surface area (Å²) in [6.07, 6.45) is 2.68. The van der Waals surface area contributed by atoms with Crippen molar-refractivity contribution < 1.29 is 9.53 Å². The van der Waals surface area contributed by atoms with Crippen molar-refractivity contribution in [2.24, 2.45) is 11.8 Å². The topological polar surface area (TPSA) is 41.6 Å². The number of piperidine rings is 1. The van der Waals surface area contributed by atoms with Crippen LogP contribution in [-0.4, -0.2) is 31.0 Å². The summed E-state index contributed by atoms with van der Waals surface area (Å²) in [5.41, 5.74) is 2.28. The normalized spacial score (nSPS) is 16.4. The van der Waals surface area contributed by atoms with Gasteiger partial charge in [-0.2, -0.15) is 0 Å². The first kappa shape index (κ1) is 22.6. The first-order chi connectivity index (χ1) is 14.5. The van der Waals surface area contributed by atoms with E-state index in [0.717, 1.165) is 60.8 Å². The molecule has 0 saturated carbocycles. The molecule has 1 heterocycles. The number of methoxy groups -OCH3 is 1. The molecular weight excluding hydrogens is 396 g/mol. The fourth-order valence-corrected chi connectivity index (χ4v) is 4.29. The summed E-state index contributed by atoms with van der Waals surface area (Å²) in [6.45, 7) is 7.06. The number of hydrogen-bond donors (Lipinski definition) is 1. The Morgan fingerprint density at radius 3 is 2.40 bits per heavy atom. The number of halogens is 1. The lowest BCUT2D eigenvalue weighted by Crippen LogP contribution is -2.41. The Morgan fingerprint density at radius 1 is 1.13 bits per heavy atom. The average molecular weight is 429 g/mol. The summed E-state index contributed by atoms with van der Waals surface area (Å²) in [5.74, 6) is 1.57. The van der Waals surface area contributed by atoms with E-state index in [-0.39, 0.29) is 17.9 Å². The number of amides is 1. The highest BCUT2D eigenvalue weighted by Crippen LogP contribution is 2.26. The molecule has 0 radical (unpaired) electrons. The Labute approximate surface area is 185 Å². The zero-order chi connectivity index (χ0) is 21.5. The van der Waals surface area contributed by atoms with Crippen LogP contribution in [0, 0.1) is 11.8 Å². The number of nitrogens with zero attached hydrogens (tertiary/aromatic N) is 1. The summed E-state index contributed by atoms with van der Waals surface area (Å²) in [6, 6.07) is 16.1. The summed E-state index contributed by atoms with van der Waals surface area (Å²) < 4.78 is 5.27. The third kappa shape index (κ3) is 6.23. The largest absolute Gasteiger partial charge is 0.497 e. The van der Waals surface area contributed by atoms with Crippen molar-refractivity contribution in [3.8, 4) is 5.75 Å². The monoisotopic (exact) mass is 428 g/mol. The number of rotatable bonds is 8. The first-order valence-corrected chi connectivity index (χ1v) is 11.2. The second-order valence-electron chi connectivity index (χ2n) is 8.61. The van der Waals surface area contributed by atoms with E-state index >= 15 is 0 Å². The van der Waals surface area contributed by atoms with Crippen molar-refractivity contribution >= 4 is 17.5 Å². The van der Waals surface area contributed by atoms with Crippen LogP contribution in [0.4, 0.5) is 0 Å². The SMILES string of the molecule is COc1ccc(C(CC(C)C)NC(=O)C2CCN(Cc3ccccc3Cl)CC2)cc1. The molecule has 0 spiro atoms.